The monoisotopic (exact) mass is 229 g/mol. The Morgan fingerprint density at radius 3 is 2.31 bits per heavy atom. The Kier molecular flexibility index (Phi) is 3.97. The van der Waals surface area contributed by atoms with E-state index >= 15 is 0 Å². The maximum Gasteiger partial charge on any atom is 0.323 e. The molecular weight excluding hydrogens is 206 g/mol. The van der Waals surface area contributed by atoms with Gasteiger partial charge in [0.15, 0.2) is 0 Å². The van der Waals surface area contributed by atoms with E-state index in [1.165, 1.54) is 0 Å². The normalized spacial score (nSPS) is 31.4. The number of hydrogen-bond acceptors (Lipinski definition) is 3. The standard InChI is InChI=1S/C12H23NO3/c1-9-4-6-12(8-14,7-5-9)13-11(2,3)10(15)16/h9,13-14H,4-8H2,1-3H3,(H,15,16). The third-order valence-electron chi connectivity index (χ3n) is 3.65. The molecule has 0 aliphatic heterocycles. The van der Waals surface area contributed by atoms with Crippen molar-refractivity contribution in [1.29, 1.82) is 0 Å². The van der Waals surface area contributed by atoms with E-state index < -0.39 is 17.0 Å². The Morgan fingerprint density at radius 2 is 1.94 bits per heavy atom. The van der Waals surface area contributed by atoms with E-state index in [-0.39, 0.29) is 6.61 Å². The fraction of sp³-hybridized carbons (Fsp3) is 0.917. The lowest BCUT2D eigenvalue weighted by Gasteiger charge is -2.43. The zero-order chi connectivity index (χ0) is 12.4. The molecule has 1 rings (SSSR count). The minimum Gasteiger partial charge on any atom is -0.480 e. The van der Waals surface area contributed by atoms with Crippen molar-refractivity contribution in [3.8, 4) is 0 Å². The molecule has 0 amide bonds. The Labute approximate surface area is 97.0 Å². The second kappa shape index (κ2) is 4.72. The van der Waals surface area contributed by atoms with Crippen molar-refractivity contribution >= 4 is 5.97 Å². The van der Waals surface area contributed by atoms with Gasteiger partial charge in [0.1, 0.15) is 5.54 Å². The Balaban J connectivity index is 2.71. The van der Waals surface area contributed by atoms with Crippen LogP contribution in [0, 0.1) is 5.92 Å². The molecule has 3 N–H and O–H groups in total. The maximum atomic E-state index is 11.1. The molecule has 0 unspecified atom stereocenters. The van der Waals surface area contributed by atoms with Crippen molar-refractivity contribution < 1.29 is 15.0 Å². The largest absolute Gasteiger partial charge is 0.480 e. The van der Waals surface area contributed by atoms with E-state index in [1.807, 2.05) is 0 Å². The molecule has 0 bridgehead atoms. The summed E-state index contributed by atoms with van der Waals surface area (Å²) in [6.07, 6.45) is 3.79. The lowest BCUT2D eigenvalue weighted by Crippen LogP contribution is -2.61. The summed E-state index contributed by atoms with van der Waals surface area (Å²) in [4.78, 5) is 11.1. The number of aliphatic hydroxyl groups excluding tert-OH is 1. The van der Waals surface area contributed by atoms with Crippen LogP contribution in [0.3, 0.4) is 0 Å². The maximum absolute atomic E-state index is 11.1. The highest BCUT2D eigenvalue weighted by Crippen LogP contribution is 2.33. The zero-order valence-corrected chi connectivity index (χ0v) is 10.4. The average Bonchev–Trinajstić information content (AvgIpc) is 2.21. The summed E-state index contributed by atoms with van der Waals surface area (Å²) in [5.74, 6) is -0.201. The molecule has 1 saturated carbocycles. The number of hydrogen-bond donors (Lipinski definition) is 3. The SMILES string of the molecule is CC1CCC(CO)(NC(C)(C)C(=O)O)CC1. The van der Waals surface area contributed by atoms with Gasteiger partial charge < -0.3 is 10.2 Å². The summed E-state index contributed by atoms with van der Waals surface area (Å²) in [6.45, 7) is 5.50. The minimum absolute atomic E-state index is 0.0103. The smallest absolute Gasteiger partial charge is 0.323 e. The van der Waals surface area contributed by atoms with Crippen molar-refractivity contribution in [3.05, 3.63) is 0 Å². The van der Waals surface area contributed by atoms with Crippen molar-refractivity contribution in [3.63, 3.8) is 0 Å². The molecule has 0 saturated heterocycles. The average molecular weight is 229 g/mol. The number of carboxylic acid groups (broad SMARTS) is 1. The first-order valence-electron chi connectivity index (χ1n) is 5.95. The molecule has 0 radical (unpaired) electrons. The molecule has 0 aromatic carbocycles. The predicted octanol–water partition coefficient (Wildman–Crippen LogP) is 1.38. The first-order chi connectivity index (χ1) is 7.31. The van der Waals surface area contributed by atoms with E-state index in [1.54, 1.807) is 13.8 Å². The van der Waals surface area contributed by atoms with Gasteiger partial charge in [0.25, 0.3) is 0 Å². The van der Waals surface area contributed by atoms with Crippen LogP contribution in [0.1, 0.15) is 46.5 Å². The number of aliphatic hydroxyl groups is 1. The van der Waals surface area contributed by atoms with Crippen LogP contribution >= 0.6 is 0 Å². The van der Waals surface area contributed by atoms with Crippen LogP contribution in [-0.4, -0.2) is 33.9 Å². The van der Waals surface area contributed by atoms with Crippen LogP contribution < -0.4 is 5.32 Å². The summed E-state index contributed by atoms with van der Waals surface area (Å²) in [6, 6.07) is 0. The van der Waals surface area contributed by atoms with Gasteiger partial charge in [0.05, 0.1) is 6.61 Å². The van der Waals surface area contributed by atoms with Crippen LogP contribution in [0.5, 0.6) is 0 Å². The topological polar surface area (TPSA) is 69.6 Å². The molecular formula is C12H23NO3. The Bertz CT molecular complexity index is 255. The van der Waals surface area contributed by atoms with Crippen LogP contribution in [0.2, 0.25) is 0 Å². The summed E-state index contributed by atoms with van der Waals surface area (Å²) in [5, 5.41) is 21.7. The first kappa shape index (κ1) is 13.5. The lowest BCUT2D eigenvalue weighted by atomic mass is 9.76. The van der Waals surface area contributed by atoms with Crippen molar-refractivity contribution in [2.24, 2.45) is 5.92 Å². The molecule has 1 aliphatic rings. The van der Waals surface area contributed by atoms with Gasteiger partial charge in [-0.05, 0) is 45.4 Å². The third-order valence-corrected chi connectivity index (χ3v) is 3.65. The van der Waals surface area contributed by atoms with Gasteiger partial charge >= 0.3 is 5.97 Å². The molecule has 4 heteroatoms. The van der Waals surface area contributed by atoms with Crippen LogP contribution in [0.25, 0.3) is 0 Å². The third kappa shape index (κ3) is 2.95. The molecule has 16 heavy (non-hydrogen) atoms. The van der Waals surface area contributed by atoms with E-state index in [0.717, 1.165) is 25.7 Å². The molecule has 0 atom stereocenters. The van der Waals surface area contributed by atoms with Crippen molar-refractivity contribution in [1.82, 2.24) is 5.32 Å². The molecule has 0 spiro atoms. The van der Waals surface area contributed by atoms with Gasteiger partial charge in [-0.1, -0.05) is 6.92 Å². The second-order valence-electron chi connectivity index (χ2n) is 5.68. The fourth-order valence-electron chi connectivity index (χ4n) is 2.35. The van der Waals surface area contributed by atoms with E-state index in [2.05, 4.69) is 12.2 Å². The highest BCUT2D eigenvalue weighted by molar-refractivity contribution is 5.77. The summed E-state index contributed by atoms with van der Waals surface area (Å²) in [7, 11) is 0. The van der Waals surface area contributed by atoms with Gasteiger partial charge in [0.2, 0.25) is 0 Å². The highest BCUT2D eigenvalue weighted by Gasteiger charge is 2.40. The molecule has 0 aromatic rings. The van der Waals surface area contributed by atoms with E-state index in [4.69, 9.17) is 5.11 Å². The van der Waals surface area contributed by atoms with Gasteiger partial charge in [0, 0.05) is 5.54 Å². The highest BCUT2D eigenvalue weighted by atomic mass is 16.4. The van der Waals surface area contributed by atoms with E-state index in [0.29, 0.717) is 5.92 Å². The second-order valence-corrected chi connectivity index (χ2v) is 5.68. The molecule has 1 fully saturated rings. The fourth-order valence-corrected chi connectivity index (χ4v) is 2.35. The summed E-state index contributed by atoms with van der Waals surface area (Å²) < 4.78 is 0. The number of carbonyl (C=O) groups is 1. The van der Waals surface area contributed by atoms with Gasteiger partial charge in [-0.15, -0.1) is 0 Å². The van der Waals surface area contributed by atoms with E-state index in [9.17, 15) is 9.90 Å². The van der Waals surface area contributed by atoms with Crippen LogP contribution in [0.4, 0.5) is 0 Å². The van der Waals surface area contributed by atoms with Gasteiger partial charge in [-0.25, -0.2) is 0 Å². The molecule has 0 aromatic heterocycles. The first-order valence-corrected chi connectivity index (χ1v) is 5.95. The van der Waals surface area contributed by atoms with Crippen molar-refractivity contribution in [2.45, 2.75) is 57.5 Å². The quantitative estimate of drug-likeness (QED) is 0.681. The van der Waals surface area contributed by atoms with Crippen LogP contribution in [0.15, 0.2) is 0 Å². The Hall–Kier alpha value is -0.610. The summed E-state index contributed by atoms with van der Waals surface area (Å²) in [5.41, 5.74) is -1.39. The van der Waals surface area contributed by atoms with Gasteiger partial charge in [-0.3, -0.25) is 10.1 Å². The number of nitrogens with one attached hydrogen (secondary N) is 1. The minimum atomic E-state index is -0.983. The molecule has 1 aliphatic carbocycles. The lowest BCUT2D eigenvalue weighted by molar-refractivity contribution is -0.145. The number of carboxylic acids is 1. The van der Waals surface area contributed by atoms with Crippen molar-refractivity contribution in [2.75, 3.05) is 6.61 Å². The van der Waals surface area contributed by atoms with Crippen LogP contribution in [-0.2, 0) is 4.79 Å². The zero-order valence-electron chi connectivity index (χ0n) is 10.4. The molecule has 0 heterocycles. The van der Waals surface area contributed by atoms with Gasteiger partial charge in [-0.2, -0.15) is 0 Å². The molecule has 94 valence electrons. The molecule has 4 nitrogen and oxygen atoms in total. The number of aliphatic carboxylic acids is 1. The summed E-state index contributed by atoms with van der Waals surface area (Å²) >= 11 is 0. The Morgan fingerprint density at radius 1 is 1.44 bits per heavy atom. The number of rotatable bonds is 4. The predicted molar refractivity (Wildman–Crippen MR) is 62.3 cm³/mol.